The molecule has 1 aliphatic heterocycles. The molecule has 1 aliphatic rings. The Kier molecular flexibility index (Phi) is 2.27. The summed E-state index contributed by atoms with van der Waals surface area (Å²) >= 11 is 0. The minimum atomic E-state index is -1.25. The van der Waals surface area contributed by atoms with Crippen LogP contribution in [0.2, 0.25) is 0 Å². The summed E-state index contributed by atoms with van der Waals surface area (Å²) in [4.78, 5) is 23.8. The summed E-state index contributed by atoms with van der Waals surface area (Å²) in [6, 6.07) is 0. The molecule has 0 aromatic carbocycles. The molecule has 78 valence electrons. The van der Waals surface area contributed by atoms with Gasteiger partial charge in [0.25, 0.3) is 5.91 Å². The first kappa shape index (κ1) is 10.6. The Morgan fingerprint density at radius 2 is 2.07 bits per heavy atom. The Bertz CT molecular complexity index is 331. The van der Waals surface area contributed by atoms with E-state index in [0.717, 1.165) is 0 Å². The Hall–Kier alpha value is -1.52. The van der Waals surface area contributed by atoms with Gasteiger partial charge in [0.2, 0.25) is 0 Å². The van der Waals surface area contributed by atoms with Crippen molar-refractivity contribution in [1.29, 1.82) is 0 Å². The van der Waals surface area contributed by atoms with Crippen LogP contribution in [-0.4, -0.2) is 34.0 Å². The fourth-order valence-corrected chi connectivity index (χ4v) is 1.70. The third-order valence-corrected chi connectivity index (χ3v) is 2.59. The van der Waals surface area contributed by atoms with Crippen molar-refractivity contribution in [2.45, 2.75) is 26.3 Å². The van der Waals surface area contributed by atoms with E-state index in [1.165, 1.54) is 4.90 Å². The van der Waals surface area contributed by atoms with Crippen LogP contribution in [0, 0.1) is 0 Å². The molecule has 0 saturated heterocycles. The molecule has 0 spiro atoms. The van der Waals surface area contributed by atoms with Crippen LogP contribution in [0.25, 0.3) is 0 Å². The van der Waals surface area contributed by atoms with Crippen LogP contribution >= 0.6 is 0 Å². The van der Waals surface area contributed by atoms with Gasteiger partial charge < -0.3 is 15.7 Å². The van der Waals surface area contributed by atoms with E-state index in [1.54, 1.807) is 20.8 Å². The Balaban J connectivity index is 3.26. The van der Waals surface area contributed by atoms with Crippen LogP contribution in [-0.2, 0) is 9.59 Å². The molecule has 0 unspecified atom stereocenters. The standard InChI is InChI=1S/C9H14N2O3/c1-4-11-7(12)5(8(13)14)6(10)9(11,2)3/h4,10H2,1-3H3,(H,13,14). The fourth-order valence-electron chi connectivity index (χ4n) is 1.70. The highest BCUT2D eigenvalue weighted by Gasteiger charge is 2.45. The summed E-state index contributed by atoms with van der Waals surface area (Å²) in [6.45, 7) is 5.71. The Morgan fingerprint density at radius 1 is 1.57 bits per heavy atom. The van der Waals surface area contributed by atoms with Gasteiger partial charge in [0.15, 0.2) is 0 Å². The van der Waals surface area contributed by atoms with Crippen LogP contribution in [0.5, 0.6) is 0 Å². The second kappa shape index (κ2) is 3.01. The van der Waals surface area contributed by atoms with Crippen LogP contribution in [0.4, 0.5) is 0 Å². The number of hydrogen-bond donors (Lipinski definition) is 2. The number of carbonyl (C=O) groups excluding carboxylic acids is 1. The van der Waals surface area contributed by atoms with Crippen molar-refractivity contribution < 1.29 is 14.7 Å². The summed E-state index contributed by atoms with van der Waals surface area (Å²) in [5, 5.41) is 8.81. The van der Waals surface area contributed by atoms with Gasteiger partial charge in [-0.15, -0.1) is 0 Å². The lowest BCUT2D eigenvalue weighted by molar-refractivity contribution is -0.137. The van der Waals surface area contributed by atoms with Gasteiger partial charge in [-0.25, -0.2) is 4.79 Å². The number of hydrogen-bond acceptors (Lipinski definition) is 3. The quantitative estimate of drug-likeness (QED) is 0.608. The first-order valence-electron chi connectivity index (χ1n) is 4.39. The molecule has 0 radical (unpaired) electrons. The first-order chi connectivity index (χ1) is 6.34. The third kappa shape index (κ3) is 1.16. The van der Waals surface area contributed by atoms with E-state index in [1.807, 2.05) is 0 Å². The number of nitrogens with two attached hydrogens (primary N) is 1. The summed E-state index contributed by atoms with van der Waals surface area (Å²) < 4.78 is 0. The van der Waals surface area contributed by atoms with Gasteiger partial charge in [-0.1, -0.05) is 0 Å². The van der Waals surface area contributed by atoms with E-state index < -0.39 is 17.4 Å². The van der Waals surface area contributed by atoms with Crippen LogP contribution in [0.3, 0.4) is 0 Å². The lowest BCUT2D eigenvalue weighted by Gasteiger charge is -2.31. The van der Waals surface area contributed by atoms with Crippen LogP contribution in [0.15, 0.2) is 11.3 Å². The zero-order valence-electron chi connectivity index (χ0n) is 8.50. The summed E-state index contributed by atoms with van der Waals surface area (Å²) in [5.41, 5.74) is 4.80. The zero-order chi connectivity index (χ0) is 11.1. The zero-order valence-corrected chi connectivity index (χ0v) is 8.50. The average molecular weight is 198 g/mol. The van der Waals surface area contributed by atoms with Gasteiger partial charge in [0.05, 0.1) is 11.2 Å². The minimum Gasteiger partial charge on any atom is -0.477 e. The number of carboxylic acids is 1. The summed E-state index contributed by atoms with van der Waals surface area (Å²) in [7, 11) is 0. The molecule has 5 nitrogen and oxygen atoms in total. The van der Waals surface area contributed by atoms with Crippen molar-refractivity contribution in [3.05, 3.63) is 11.3 Å². The minimum absolute atomic E-state index is 0.136. The van der Waals surface area contributed by atoms with Gasteiger partial charge in [-0.05, 0) is 20.8 Å². The number of carboxylic acid groups (broad SMARTS) is 1. The smallest absolute Gasteiger partial charge is 0.343 e. The van der Waals surface area contributed by atoms with Gasteiger partial charge in [0.1, 0.15) is 5.57 Å². The monoisotopic (exact) mass is 198 g/mol. The number of aliphatic carboxylic acids is 1. The number of nitrogens with zero attached hydrogens (tertiary/aromatic N) is 1. The predicted molar refractivity (Wildman–Crippen MR) is 50.3 cm³/mol. The van der Waals surface area contributed by atoms with Crippen LogP contribution in [0.1, 0.15) is 20.8 Å². The number of rotatable bonds is 2. The van der Waals surface area contributed by atoms with E-state index in [4.69, 9.17) is 10.8 Å². The highest BCUT2D eigenvalue weighted by atomic mass is 16.4. The Labute approximate surface area is 82.2 Å². The molecular weight excluding hydrogens is 184 g/mol. The molecule has 1 amide bonds. The normalized spacial score (nSPS) is 20.5. The molecule has 0 aromatic heterocycles. The summed E-state index contributed by atoms with van der Waals surface area (Å²) in [6.07, 6.45) is 0. The van der Waals surface area contributed by atoms with E-state index in [-0.39, 0.29) is 11.3 Å². The molecular formula is C9H14N2O3. The number of likely N-dealkylation sites (N-methyl/N-ethyl adjacent to an activating group) is 1. The largest absolute Gasteiger partial charge is 0.477 e. The highest BCUT2D eigenvalue weighted by Crippen LogP contribution is 2.31. The molecule has 1 heterocycles. The maximum absolute atomic E-state index is 11.6. The molecule has 0 saturated carbocycles. The number of amides is 1. The second-order valence-corrected chi connectivity index (χ2v) is 3.70. The molecule has 0 aromatic rings. The second-order valence-electron chi connectivity index (χ2n) is 3.70. The SMILES string of the molecule is CCN1C(=O)C(C(=O)O)=C(N)C1(C)C. The van der Waals surface area contributed by atoms with Gasteiger partial charge in [-0.3, -0.25) is 4.79 Å². The number of carbonyl (C=O) groups is 2. The molecule has 0 fully saturated rings. The highest BCUT2D eigenvalue weighted by molar-refractivity contribution is 6.18. The van der Waals surface area contributed by atoms with Crippen LogP contribution < -0.4 is 5.73 Å². The van der Waals surface area contributed by atoms with E-state index in [9.17, 15) is 9.59 Å². The summed E-state index contributed by atoms with van der Waals surface area (Å²) in [5.74, 6) is -1.75. The molecule has 0 atom stereocenters. The predicted octanol–water partition coefficient (Wildman–Crippen LogP) is -0.0755. The molecule has 3 N–H and O–H groups in total. The molecule has 14 heavy (non-hydrogen) atoms. The molecule has 0 aliphatic carbocycles. The lowest BCUT2D eigenvalue weighted by atomic mass is 10.0. The average Bonchev–Trinajstić information content (AvgIpc) is 2.19. The van der Waals surface area contributed by atoms with Crippen molar-refractivity contribution >= 4 is 11.9 Å². The maximum atomic E-state index is 11.6. The molecule has 1 rings (SSSR count). The molecule has 5 heteroatoms. The van der Waals surface area contributed by atoms with Gasteiger partial charge in [0, 0.05) is 6.54 Å². The van der Waals surface area contributed by atoms with E-state index in [2.05, 4.69) is 0 Å². The lowest BCUT2D eigenvalue weighted by Crippen LogP contribution is -2.44. The van der Waals surface area contributed by atoms with E-state index >= 15 is 0 Å². The first-order valence-corrected chi connectivity index (χ1v) is 4.39. The van der Waals surface area contributed by atoms with Crippen molar-refractivity contribution in [3.8, 4) is 0 Å². The van der Waals surface area contributed by atoms with Crippen molar-refractivity contribution in [1.82, 2.24) is 4.90 Å². The van der Waals surface area contributed by atoms with E-state index in [0.29, 0.717) is 6.54 Å². The topological polar surface area (TPSA) is 83.6 Å². The fraction of sp³-hybridized carbons (Fsp3) is 0.556. The Morgan fingerprint density at radius 3 is 2.29 bits per heavy atom. The van der Waals surface area contributed by atoms with Crippen molar-refractivity contribution in [2.24, 2.45) is 5.73 Å². The maximum Gasteiger partial charge on any atom is 0.343 e. The van der Waals surface area contributed by atoms with Gasteiger partial charge in [-0.2, -0.15) is 0 Å². The third-order valence-electron chi connectivity index (χ3n) is 2.59. The van der Waals surface area contributed by atoms with Crippen molar-refractivity contribution in [3.63, 3.8) is 0 Å². The van der Waals surface area contributed by atoms with Crippen molar-refractivity contribution in [2.75, 3.05) is 6.54 Å². The molecule has 0 bridgehead atoms. The van der Waals surface area contributed by atoms with Gasteiger partial charge >= 0.3 is 5.97 Å².